The molecular weight excluding hydrogens is 354 g/mol. The molecule has 0 unspecified atom stereocenters. The van der Waals surface area contributed by atoms with Gasteiger partial charge in [-0.05, 0) is 54.4 Å². The van der Waals surface area contributed by atoms with Gasteiger partial charge in [0, 0.05) is 11.8 Å². The standard InChI is InChI=1S/C20H14F2N2O3/c1-11-7-16-17(27-10-26-16)8-13(11)12-5-6-18(23-9-12)24-20(25)19-14(21)3-2-4-15(19)22/h2-9H,10H2,1H3,(H,23,24,25)/i10D2. The number of hydrogen-bond acceptors (Lipinski definition) is 4. The fourth-order valence-corrected chi connectivity index (χ4v) is 2.76. The fraction of sp³-hybridized carbons (Fsp3) is 0.100. The summed E-state index contributed by atoms with van der Waals surface area (Å²) in [7, 11) is 0. The van der Waals surface area contributed by atoms with E-state index in [1.165, 1.54) is 18.3 Å². The number of carbonyl (C=O) groups excluding carboxylic acids is 1. The molecule has 27 heavy (non-hydrogen) atoms. The van der Waals surface area contributed by atoms with Crippen molar-refractivity contribution in [2.24, 2.45) is 0 Å². The highest BCUT2D eigenvalue weighted by molar-refractivity contribution is 6.04. The third-order valence-electron chi connectivity index (χ3n) is 4.10. The molecule has 1 amide bonds. The van der Waals surface area contributed by atoms with Crippen molar-refractivity contribution in [1.29, 1.82) is 0 Å². The average molecular weight is 370 g/mol. The van der Waals surface area contributed by atoms with Gasteiger partial charge < -0.3 is 14.8 Å². The average Bonchev–Trinajstić information content (AvgIpc) is 2.94. The van der Waals surface area contributed by atoms with Crippen molar-refractivity contribution in [3.8, 4) is 22.6 Å². The van der Waals surface area contributed by atoms with E-state index in [1.54, 1.807) is 18.2 Å². The minimum absolute atomic E-state index is 0.121. The van der Waals surface area contributed by atoms with E-state index in [9.17, 15) is 13.6 Å². The summed E-state index contributed by atoms with van der Waals surface area (Å²) in [6, 6.07) is 9.63. The first-order valence-corrected chi connectivity index (χ1v) is 7.98. The molecule has 7 heteroatoms. The lowest BCUT2D eigenvalue weighted by molar-refractivity contribution is 0.101. The van der Waals surface area contributed by atoms with Crippen LogP contribution in [-0.4, -0.2) is 17.6 Å². The van der Waals surface area contributed by atoms with Crippen molar-refractivity contribution in [2.75, 3.05) is 12.1 Å². The lowest BCUT2D eigenvalue weighted by Crippen LogP contribution is -2.16. The van der Waals surface area contributed by atoms with Crippen LogP contribution in [0.4, 0.5) is 14.6 Å². The van der Waals surface area contributed by atoms with Gasteiger partial charge in [0.1, 0.15) is 25.8 Å². The minimum Gasteiger partial charge on any atom is -0.454 e. The molecule has 0 aliphatic carbocycles. The molecule has 0 radical (unpaired) electrons. The number of benzene rings is 2. The van der Waals surface area contributed by atoms with Gasteiger partial charge in [0.05, 0.1) is 0 Å². The summed E-state index contributed by atoms with van der Waals surface area (Å²) in [5, 5.41) is 2.36. The molecule has 0 spiro atoms. The Labute approximate surface area is 156 Å². The number of aryl methyl sites for hydroxylation is 1. The number of hydrogen-bond donors (Lipinski definition) is 1. The third-order valence-corrected chi connectivity index (χ3v) is 4.10. The fourth-order valence-electron chi connectivity index (χ4n) is 2.76. The second kappa shape index (κ2) is 6.68. The zero-order valence-electron chi connectivity index (χ0n) is 16.0. The highest BCUT2D eigenvalue weighted by atomic mass is 19.1. The molecule has 1 aliphatic heterocycles. The number of pyridine rings is 1. The van der Waals surface area contributed by atoms with Gasteiger partial charge in [-0.25, -0.2) is 13.8 Å². The van der Waals surface area contributed by atoms with Crippen LogP contribution in [0.15, 0.2) is 48.7 Å². The van der Waals surface area contributed by atoms with Crippen molar-refractivity contribution >= 4 is 11.7 Å². The van der Waals surface area contributed by atoms with Crippen LogP contribution in [-0.2, 0) is 0 Å². The molecule has 0 bridgehead atoms. The van der Waals surface area contributed by atoms with Gasteiger partial charge in [-0.1, -0.05) is 6.07 Å². The molecule has 0 saturated carbocycles. The zero-order chi connectivity index (χ0) is 20.8. The molecule has 0 atom stereocenters. The normalized spacial score (nSPS) is 15.1. The molecule has 3 aromatic rings. The van der Waals surface area contributed by atoms with Crippen molar-refractivity contribution in [3.05, 3.63) is 71.4 Å². The van der Waals surface area contributed by atoms with E-state index in [4.69, 9.17) is 12.2 Å². The predicted octanol–water partition coefficient (Wildman–Crippen LogP) is 4.32. The smallest absolute Gasteiger partial charge is 0.262 e. The van der Waals surface area contributed by atoms with Crippen LogP contribution in [0, 0.1) is 18.6 Å². The number of nitrogens with one attached hydrogen (secondary N) is 1. The number of ether oxygens (including phenoxy) is 2. The van der Waals surface area contributed by atoms with E-state index in [0.717, 1.165) is 23.3 Å². The molecular formula is C20H14F2N2O3. The number of anilines is 1. The van der Waals surface area contributed by atoms with Crippen LogP contribution < -0.4 is 14.8 Å². The van der Waals surface area contributed by atoms with Crippen LogP contribution in [0.1, 0.15) is 18.7 Å². The quantitative estimate of drug-likeness (QED) is 0.746. The second-order valence-corrected chi connectivity index (χ2v) is 5.88. The number of rotatable bonds is 3. The van der Waals surface area contributed by atoms with E-state index in [-0.39, 0.29) is 11.6 Å². The Kier molecular flexibility index (Phi) is 3.63. The number of amides is 1. The van der Waals surface area contributed by atoms with Crippen LogP contribution in [0.25, 0.3) is 11.1 Å². The van der Waals surface area contributed by atoms with Gasteiger partial charge in [0.25, 0.3) is 5.91 Å². The first-order valence-electron chi connectivity index (χ1n) is 8.98. The van der Waals surface area contributed by atoms with Gasteiger partial charge in [0.15, 0.2) is 11.5 Å². The molecule has 1 aliphatic rings. The number of carbonyl (C=O) groups is 1. The minimum atomic E-state index is -2.22. The Balaban J connectivity index is 1.57. The molecule has 0 saturated heterocycles. The number of fused-ring (bicyclic) bond motifs is 1. The summed E-state index contributed by atoms with van der Waals surface area (Å²) in [5.41, 5.74) is 1.53. The van der Waals surface area contributed by atoms with Gasteiger partial charge >= 0.3 is 0 Å². The summed E-state index contributed by atoms with van der Waals surface area (Å²) in [4.78, 5) is 16.3. The predicted molar refractivity (Wildman–Crippen MR) is 94.8 cm³/mol. The van der Waals surface area contributed by atoms with Crippen LogP contribution in [0.2, 0.25) is 0 Å². The van der Waals surface area contributed by atoms with Gasteiger partial charge in [0.2, 0.25) is 6.75 Å². The van der Waals surface area contributed by atoms with E-state index in [2.05, 4.69) is 10.3 Å². The molecule has 136 valence electrons. The summed E-state index contributed by atoms with van der Waals surface area (Å²) in [6.07, 6.45) is 1.48. The Morgan fingerprint density at radius 1 is 1.15 bits per heavy atom. The highest BCUT2D eigenvalue weighted by Gasteiger charge is 2.19. The maximum Gasteiger partial charge on any atom is 0.262 e. The van der Waals surface area contributed by atoms with Crippen molar-refractivity contribution in [1.82, 2.24) is 4.98 Å². The maximum absolute atomic E-state index is 13.7. The first kappa shape index (κ1) is 14.7. The topological polar surface area (TPSA) is 60.5 Å². The van der Waals surface area contributed by atoms with E-state index in [0.29, 0.717) is 11.3 Å². The molecule has 4 rings (SSSR count). The van der Waals surface area contributed by atoms with Gasteiger partial charge in [-0.15, -0.1) is 0 Å². The van der Waals surface area contributed by atoms with Crippen molar-refractivity contribution in [2.45, 2.75) is 6.92 Å². The summed E-state index contributed by atoms with van der Waals surface area (Å²) in [5.74, 6) is -2.17. The second-order valence-electron chi connectivity index (χ2n) is 5.88. The maximum atomic E-state index is 13.7. The van der Waals surface area contributed by atoms with E-state index in [1.807, 2.05) is 6.92 Å². The number of aromatic nitrogens is 1. The molecule has 2 aromatic carbocycles. The largest absolute Gasteiger partial charge is 0.454 e. The zero-order valence-corrected chi connectivity index (χ0v) is 14.0. The Bertz CT molecular complexity index is 1100. The van der Waals surface area contributed by atoms with Crippen LogP contribution in [0.5, 0.6) is 11.5 Å². The number of halogens is 2. The Hall–Kier alpha value is -3.48. The summed E-state index contributed by atoms with van der Waals surface area (Å²) >= 11 is 0. The van der Waals surface area contributed by atoms with Crippen LogP contribution in [0.3, 0.4) is 0 Å². The number of nitrogens with zero attached hydrogens (tertiary/aromatic N) is 1. The van der Waals surface area contributed by atoms with Crippen molar-refractivity contribution in [3.63, 3.8) is 0 Å². The lowest BCUT2D eigenvalue weighted by atomic mass is 10.0. The molecule has 1 aromatic heterocycles. The van der Waals surface area contributed by atoms with Crippen LogP contribution >= 0.6 is 0 Å². The van der Waals surface area contributed by atoms with Crippen molar-refractivity contribution < 1.29 is 25.8 Å². The Morgan fingerprint density at radius 2 is 1.85 bits per heavy atom. The summed E-state index contributed by atoms with van der Waals surface area (Å²) < 4.78 is 52.7. The Morgan fingerprint density at radius 3 is 2.52 bits per heavy atom. The van der Waals surface area contributed by atoms with Gasteiger partial charge in [-0.2, -0.15) is 0 Å². The SMILES string of the molecule is [2H]C1([2H])Oc2cc(C)c(-c3ccc(NC(=O)c4c(F)cccc4F)nc3)cc2O1. The van der Waals surface area contributed by atoms with E-state index < -0.39 is 29.9 Å². The molecule has 1 N–H and O–H groups in total. The summed E-state index contributed by atoms with van der Waals surface area (Å²) in [6.45, 7) is -0.398. The lowest BCUT2D eigenvalue weighted by Gasteiger charge is -2.09. The third kappa shape index (κ3) is 3.19. The highest BCUT2D eigenvalue weighted by Crippen LogP contribution is 2.38. The first-order chi connectivity index (χ1) is 13.7. The monoisotopic (exact) mass is 370 g/mol. The molecule has 5 nitrogen and oxygen atoms in total. The van der Waals surface area contributed by atoms with Gasteiger partial charge in [-0.3, -0.25) is 4.79 Å². The van der Waals surface area contributed by atoms with E-state index >= 15 is 0 Å². The molecule has 0 fully saturated rings. The molecule has 2 heterocycles.